The smallest absolute Gasteiger partial charge is 0.123 e. The van der Waals surface area contributed by atoms with Crippen molar-refractivity contribution in [2.24, 2.45) is 0 Å². The van der Waals surface area contributed by atoms with E-state index in [4.69, 9.17) is 16.9 Å². The number of hydrogen-bond acceptors (Lipinski definition) is 1. The van der Waals surface area contributed by atoms with Gasteiger partial charge in [0.2, 0.25) is 0 Å². The molecule has 0 aromatic heterocycles. The fraction of sp³-hybridized carbons (Fsp3) is 0.182. The molecule has 0 aliphatic heterocycles. The summed E-state index contributed by atoms with van der Waals surface area (Å²) in [6.07, 6.45) is 0. The Balaban J connectivity index is 3.34. The van der Waals surface area contributed by atoms with E-state index >= 15 is 0 Å². The van der Waals surface area contributed by atoms with Crippen molar-refractivity contribution in [3.05, 3.63) is 40.7 Å². The van der Waals surface area contributed by atoms with Crippen molar-refractivity contribution in [2.45, 2.75) is 13.8 Å². The van der Waals surface area contributed by atoms with Gasteiger partial charge < -0.3 is 0 Å². The van der Waals surface area contributed by atoms with Crippen LogP contribution < -0.4 is 0 Å². The summed E-state index contributed by atoms with van der Waals surface area (Å²) in [5, 5.41) is 8.95. The molecule has 1 nitrogen and oxygen atoms in total. The van der Waals surface area contributed by atoms with E-state index in [1.54, 1.807) is 13.0 Å². The lowest BCUT2D eigenvalue weighted by Crippen LogP contribution is -1.88. The Bertz CT molecular complexity index is 429. The van der Waals surface area contributed by atoms with E-state index in [9.17, 15) is 4.39 Å². The highest BCUT2D eigenvalue weighted by atomic mass is 35.5. The van der Waals surface area contributed by atoms with Crippen LogP contribution in [-0.4, -0.2) is 0 Å². The predicted octanol–water partition coefficient (Wildman–Crippen LogP) is 3.63. The third-order valence-corrected chi connectivity index (χ3v) is 2.42. The molecule has 0 spiro atoms. The van der Waals surface area contributed by atoms with Crippen molar-refractivity contribution >= 4 is 16.6 Å². The Labute approximate surface area is 87.4 Å². The van der Waals surface area contributed by atoms with Gasteiger partial charge in [0, 0.05) is 5.57 Å². The fourth-order valence-corrected chi connectivity index (χ4v) is 1.33. The molecule has 1 rings (SSSR count). The molecule has 0 amide bonds. The van der Waals surface area contributed by atoms with Crippen molar-refractivity contribution in [1.29, 1.82) is 5.26 Å². The van der Waals surface area contributed by atoms with E-state index in [1.165, 1.54) is 12.1 Å². The Morgan fingerprint density at radius 2 is 2.14 bits per heavy atom. The molecule has 72 valence electrons. The maximum absolute atomic E-state index is 12.9. The summed E-state index contributed by atoms with van der Waals surface area (Å²) in [5.74, 6) is -0.352. The second kappa shape index (κ2) is 4.26. The van der Waals surface area contributed by atoms with Crippen LogP contribution in [0.25, 0.3) is 5.03 Å². The first-order valence-electron chi connectivity index (χ1n) is 4.09. The van der Waals surface area contributed by atoms with Crippen LogP contribution in [0.1, 0.15) is 18.1 Å². The zero-order valence-electron chi connectivity index (χ0n) is 7.94. The van der Waals surface area contributed by atoms with Crippen LogP contribution in [0, 0.1) is 24.1 Å². The average Bonchev–Trinajstić information content (AvgIpc) is 2.19. The van der Waals surface area contributed by atoms with E-state index < -0.39 is 0 Å². The van der Waals surface area contributed by atoms with Gasteiger partial charge in [-0.2, -0.15) is 5.26 Å². The first-order chi connectivity index (χ1) is 6.56. The van der Waals surface area contributed by atoms with Crippen LogP contribution >= 0.6 is 11.6 Å². The molecule has 1 aromatic carbocycles. The summed E-state index contributed by atoms with van der Waals surface area (Å²) in [5.41, 5.74) is 1.82. The Kier molecular flexibility index (Phi) is 3.27. The van der Waals surface area contributed by atoms with Crippen molar-refractivity contribution < 1.29 is 4.39 Å². The molecule has 0 bridgehead atoms. The lowest BCUT2D eigenvalue weighted by atomic mass is 10.1. The third-order valence-electron chi connectivity index (χ3n) is 1.93. The molecule has 0 aliphatic carbocycles. The van der Waals surface area contributed by atoms with E-state index in [2.05, 4.69) is 0 Å². The molecule has 0 saturated carbocycles. The Morgan fingerprint density at radius 1 is 1.50 bits per heavy atom. The molecule has 14 heavy (non-hydrogen) atoms. The number of hydrogen-bond donors (Lipinski definition) is 0. The van der Waals surface area contributed by atoms with Gasteiger partial charge >= 0.3 is 0 Å². The normalized spacial score (nSPS) is 11.9. The van der Waals surface area contributed by atoms with E-state index in [0.29, 0.717) is 16.2 Å². The van der Waals surface area contributed by atoms with Crippen LogP contribution in [-0.2, 0) is 0 Å². The summed E-state index contributed by atoms with van der Waals surface area (Å²) < 4.78 is 12.9. The van der Waals surface area contributed by atoms with Gasteiger partial charge in [0.05, 0.1) is 11.1 Å². The highest BCUT2D eigenvalue weighted by Crippen LogP contribution is 2.26. The largest absolute Gasteiger partial charge is 0.207 e. The second-order valence-electron chi connectivity index (χ2n) is 3.01. The van der Waals surface area contributed by atoms with Crippen LogP contribution in [0.2, 0.25) is 0 Å². The molecule has 0 atom stereocenters. The first kappa shape index (κ1) is 10.7. The summed E-state index contributed by atoms with van der Waals surface area (Å²) in [7, 11) is 0. The number of nitrogens with zero attached hydrogens (tertiary/aromatic N) is 1. The topological polar surface area (TPSA) is 23.8 Å². The zero-order valence-corrected chi connectivity index (χ0v) is 8.69. The highest BCUT2D eigenvalue weighted by molar-refractivity contribution is 6.49. The number of rotatable bonds is 1. The first-order valence-corrected chi connectivity index (χ1v) is 4.47. The monoisotopic (exact) mass is 209 g/mol. The number of halogens is 2. The molecule has 0 radical (unpaired) electrons. The van der Waals surface area contributed by atoms with Crippen LogP contribution in [0.5, 0.6) is 0 Å². The van der Waals surface area contributed by atoms with Gasteiger partial charge in [-0.15, -0.1) is 0 Å². The van der Waals surface area contributed by atoms with E-state index in [-0.39, 0.29) is 5.82 Å². The minimum atomic E-state index is -0.352. The van der Waals surface area contributed by atoms with Gasteiger partial charge in [-0.25, -0.2) is 4.39 Å². The quantitative estimate of drug-likeness (QED) is 0.648. The van der Waals surface area contributed by atoms with Crippen molar-refractivity contribution in [1.82, 2.24) is 0 Å². The Hall–Kier alpha value is -1.33. The van der Waals surface area contributed by atoms with Gasteiger partial charge in [0.25, 0.3) is 0 Å². The number of nitriles is 1. The van der Waals surface area contributed by atoms with Crippen LogP contribution in [0.15, 0.2) is 23.8 Å². The minimum absolute atomic E-state index is 0.310. The van der Waals surface area contributed by atoms with Crippen molar-refractivity contribution in [2.75, 3.05) is 0 Å². The van der Waals surface area contributed by atoms with Gasteiger partial charge in [0.15, 0.2) is 0 Å². The summed E-state index contributed by atoms with van der Waals surface area (Å²) in [6, 6.07) is 6.27. The molecule has 0 fully saturated rings. The second-order valence-corrected chi connectivity index (χ2v) is 3.39. The maximum atomic E-state index is 12.9. The molecule has 1 aromatic rings. The SMILES string of the molecule is CC(C#N)=C(Cl)c1cc(F)ccc1C. The summed E-state index contributed by atoms with van der Waals surface area (Å²) >= 11 is 5.92. The van der Waals surface area contributed by atoms with Gasteiger partial charge in [-0.05, 0) is 37.1 Å². The molecule has 0 unspecified atom stereocenters. The summed E-state index contributed by atoms with van der Waals surface area (Å²) in [4.78, 5) is 0. The fourth-order valence-electron chi connectivity index (χ4n) is 1.08. The molecule has 0 heterocycles. The standard InChI is InChI=1S/C11H9ClFN/c1-7-3-4-9(13)5-10(7)11(12)8(2)6-14/h3-5H,1-2H3. The van der Waals surface area contributed by atoms with Gasteiger partial charge in [-0.1, -0.05) is 17.7 Å². The highest BCUT2D eigenvalue weighted by Gasteiger charge is 2.07. The van der Waals surface area contributed by atoms with Gasteiger partial charge in [-0.3, -0.25) is 0 Å². The third kappa shape index (κ3) is 2.12. The molecule has 3 heteroatoms. The number of benzene rings is 1. The lowest BCUT2D eigenvalue weighted by molar-refractivity contribution is 0.627. The Morgan fingerprint density at radius 3 is 2.71 bits per heavy atom. The molecule has 0 saturated heterocycles. The number of aryl methyl sites for hydroxylation is 1. The van der Waals surface area contributed by atoms with Crippen LogP contribution in [0.3, 0.4) is 0 Å². The lowest BCUT2D eigenvalue weighted by Gasteiger charge is -2.04. The predicted molar refractivity (Wildman–Crippen MR) is 55.2 cm³/mol. The minimum Gasteiger partial charge on any atom is -0.207 e. The molecular weight excluding hydrogens is 201 g/mol. The zero-order chi connectivity index (χ0) is 10.7. The van der Waals surface area contributed by atoms with Crippen molar-refractivity contribution in [3.63, 3.8) is 0 Å². The molecule has 0 aliphatic rings. The van der Waals surface area contributed by atoms with Crippen LogP contribution in [0.4, 0.5) is 4.39 Å². The van der Waals surface area contributed by atoms with Gasteiger partial charge in [0.1, 0.15) is 5.82 Å². The van der Waals surface area contributed by atoms with E-state index in [1.807, 2.05) is 13.0 Å². The number of allylic oxidation sites excluding steroid dienone is 1. The maximum Gasteiger partial charge on any atom is 0.123 e. The summed E-state index contributed by atoms with van der Waals surface area (Å²) in [6.45, 7) is 3.43. The van der Waals surface area contributed by atoms with Crippen molar-refractivity contribution in [3.8, 4) is 6.07 Å². The molecule has 0 N–H and O–H groups in total. The molecular formula is C11H9ClFN. The average molecular weight is 210 g/mol. The van der Waals surface area contributed by atoms with E-state index in [0.717, 1.165) is 5.56 Å².